The van der Waals surface area contributed by atoms with Crippen LogP contribution in [0.15, 0.2) is 72.6 Å². The molecule has 0 saturated carbocycles. The first-order valence-electron chi connectivity index (χ1n) is 13.0. The molecule has 1 unspecified atom stereocenters. The number of hydrogen-bond donors (Lipinski definition) is 1. The molecule has 1 aliphatic rings. The second-order valence-electron chi connectivity index (χ2n) is 10.8. The minimum Gasteiger partial charge on any atom is -0.457 e. The Morgan fingerprint density at radius 2 is 1.85 bits per heavy atom. The lowest BCUT2D eigenvalue weighted by molar-refractivity contribution is -0.127. The number of aromatic nitrogens is 4. The highest BCUT2D eigenvalue weighted by Gasteiger charge is 2.32. The van der Waals surface area contributed by atoms with Gasteiger partial charge in [0.25, 0.3) is 5.91 Å². The van der Waals surface area contributed by atoms with Gasteiger partial charge in [0, 0.05) is 12.1 Å². The van der Waals surface area contributed by atoms with Crippen LogP contribution in [-0.4, -0.2) is 43.1 Å². The molecule has 0 bridgehead atoms. The van der Waals surface area contributed by atoms with Crippen molar-refractivity contribution in [1.29, 1.82) is 5.26 Å². The number of nitrogen functional groups attached to an aromatic ring is 1. The van der Waals surface area contributed by atoms with Crippen LogP contribution in [0.4, 0.5) is 5.82 Å². The van der Waals surface area contributed by atoms with Gasteiger partial charge in [0.2, 0.25) is 0 Å². The largest absolute Gasteiger partial charge is 0.457 e. The van der Waals surface area contributed by atoms with E-state index in [1.807, 2.05) is 75.4 Å². The van der Waals surface area contributed by atoms with Crippen LogP contribution < -0.4 is 10.5 Å². The van der Waals surface area contributed by atoms with Gasteiger partial charge in [-0.25, -0.2) is 14.6 Å². The van der Waals surface area contributed by atoms with Crippen LogP contribution in [0.5, 0.6) is 11.5 Å². The minimum atomic E-state index is -0.279. The highest BCUT2D eigenvalue weighted by Crippen LogP contribution is 2.33. The second-order valence-corrected chi connectivity index (χ2v) is 10.8. The topological polar surface area (TPSA) is 123 Å². The van der Waals surface area contributed by atoms with E-state index in [1.165, 1.54) is 6.33 Å². The molecule has 1 amide bonds. The number of para-hydroxylation sites is 1. The van der Waals surface area contributed by atoms with Crippen LogP contribution in [0, 0.1) is 16.7 Å². The highest BCUT2D eigenvalue weighted by atomic mass is 16.5. The summed E-state index contributed by atoms with van der Waals surface area (Å²) in [5.74, 6) is 1.56. The quantitative estimate of drug-likeness (QED) is 0.268. The van der Waals surface area contributed by atoms with Gasteiger partial charge in [0.15, 0.2) is 5.65 Å². The Hall–Kier alpha value is -4.71. The molecule has 1 fully saturated rings. The van der Waals surface area contributed by atoms with Crippen molar-refractivity contribution in [2.24, 2.45) is 5.41 Å². The van der Waals surface area contributed by atoms with Gasteiger partial charge in [-0.05, 0) is 54.7 Å². The van der Waals surface area contributed by atoms with Crippen LogP contribution in [0.3, 0.4) is 0 Å². The van der Waals surface area contributed by atoms with E-state index in [4.69, 9.17) is 15.6 Å². The molecule has 9 heteroatoms. The Morgan fingerprint density at radius 1 is 1.13 bits per heavy atom. The number of rotatable bonds is 6. The highest BCUT2D eigenvalue weighted by molar-refractivity contribution is 5.99. The first-order valence-corrected chi connectivity index (χ1v) is 13.0. The van der Waals surface area contributed by atoms with E-state index in [-0.39, 0.29) is 22.9 Å². The standard InChI is InChI=1S/C30H31N7O2/c1-30(2,3)16-21(17-31)29(38)36-15-7-8-22(36)18-37-28-25(27(32)33-19-34-28)26(35-37)20-11-13-24(14-12-20)39-23-9-5-4-6-10-23/h4-6,9-14,16,19,22H,7-8,15,18H2,1-3H3,(H2,32,33,34)/b21-16+. The normalized spacial score (nSPS) is 15.9. The smallest absolute Gasteiger partial charge is 0.264 e. The van der Waals surface area contributed by atoms with Crippen LogP contribution in [0.2, 0.25) is 0 Å². The van der Waals surface area contributed by atoms with Crippen LogP contribution in [0.1, 0.15) is 33.6 Å². The lowest BCUT2D eigenvalue weighted by atomic mass is 9.93. The molecule has 0 spiro atoms. The SMILES string of the molecule is CC(C)(C)/C=C(\C#N)C(=O)N1CCCC1Cn1nc(-c2ccc(Oc3ccccc3)cc2)c2c(N)ncnc21. The van der Waals surface area contributed by atoms with Crippen LogP contribution in [0.25, 0.3) is 22.3 Å². The third kappa shape index (κ3) is 5.60. The van der Waals surface area contributed by atoms with Crippen molar-refractivity contribution in [2.45, 2.75) is 46.2 Å². The number of hydrogen-bond acceptors (Lipinski definition) is 7. The van der Waals surface area contributed by atoms with E-state index in [1.54, 1.807) is 15.7 Å². The van der Waals surface area contributed by atoms with Crippen molar-refractivity contribution in [3.8, 4) is 28.8 Å². The molecule has 4 aromatic rings. The van der Waals surface area contributed by atoms with Gasteiger partial charge in [-0.1, -0.05) is 45.0 Å². The third-order valence-corrected chi connectivity index (χ3v) is 6.62. The second kappa shape index (κ2) is 10.6. The molecule has 39 heavy (non-hydrogen) atoms. The van der Waals surface area contributed by atoms with E-state index in [2.05, 4.69) is 16.0 Å². The molecule has 1 atom stereocenters. The summed E-state index contributed by atoms with van der Waals surface area (Å²) in [6.07, 6.45) is 4.83. The van der Waals surface area contributed by atoms with E-state index < -0.39 is 0 Å². The minimum absolute atomic E-state index is 0.122. The van der Waals surface area contributed by atoms with Crippen molar-refractivity contribution >= 4 is 22.8 Å². The van der Waals surface area contributed by atoms with Gasteiger partial charge in [-0.2, -0.15) is 10.4 Å². The van der Waals surface area contributed by atoms with E-state index in [0.717, 1.165) is 24.2 Å². The molecular formula is C30H31N7O2. The first-order chi connectivity index (χ1) is 18.7. The Kier molecular flexibility index (Phi) is 7.03. The van der Waals surface area contributed by atoms with Crippen molar-refractivity contribution < 1.29 is 9.53 Å². The van der Waals surface area contributed by atoms with Gasteiger partial charge in [-0.15, -0.1) is 0 Å². The lowest BCUT2D eigenvalue weighted by Crippen LogP contribution is -2.39. The van der Waals surface area contributed by atoms with Gasteiger partial charge >= 0.3 is 0 Å². The van der Waals surface area contributed by atoms with Crippen LogP contribution >= 0.6 is 0 Å². The number of anilines is 1. The number of allylic oxidation sites excluding steroid dienone is 1. The molecule has 9 nitrogen and oxygen atoms in total. The predicted molar refractivity (Wildman–Crippen MR) is 150 cm³/mol. The zero-order valence-electron chi connectivity index (χ0n) is 22.3. The Morgan fingerprint density at radius 3 is 2.54 bits per heavy atom. The summed E-state index contributed by atoms with van der Waals surface area (Å²) in [5, 5.41) is 15.2. The number of benzene rings is 2. The van der Waals surface area contributed by atoms with Gasteiger partial charge in [0.05, 0.1) is 18.0 Å². The summed E-state index contributed by atoms with van der Waals surface area (Å²) in [6.45, 7) is 6.95. The maximum Gasteiger partial charge on any atom is 0.264 e. The summed E-state index contributed by atoms with van der Waals surface area (Å²) < 4.78 is 7.73. The van der Waals surface area contributed by atoms with E-state index >= 15 is 0 Å². The van der Waals surface area contributed by atoms with E-state index in [0.29, 0.717) is 41.4 Å². The van der Waals surface area contributed by atoms with Crippen molar-refractivity contribution in [3.63, 3.8) is 0 Å². The maximum atomic E-state index is 13.3. The number of carbonyl (C=O) groups is 1. The average molecular weight is 522 g/mol. The predicted octanol–water partition coefficient (Wildman–Crippen LogP) is 5.35. The fraction of sp³-hybridized carbons (Fsp3) is 0.300. The first kappa shape index (κ1) is 25.9. The summed E-state index contributed by atoms with van der Waals surface area (Å²) in [5.41, 5.74) is 8.31. The van der Waals surface area contributed by atoms with E-state index in [9.17, 15) is 10.1 Å². The molecule has 2 N–H and O–H groups in total. The fourth-order valence-electron chi connectivity index (χ4n) is 4.89. The number of nitrogens with two attached hydrogens (primary N) is 1. The number of likely N-dealkylation sites (tertiary alicyclic amines) is 1. The molecule has 2 aromatic carbocycles. The number of nitrogens with zero attached hydrogens (tertiary/aromatic N) is 6. The maximum absolute atomic E-state index is 13.3. The number of nitriles is 1. The van der Waals surface area contributed by atoms with Gasteiger partial charge < -0.3 is 15.4 Å². The molecule has 1 aliphatic heterocycles. The van der Waals surface area contributed by atoms with Gasteiger partial charge in [-0.3, -0.25) is 4.79 Å². The van der Waals surface area contributed by atoms with Crippen molar-refractivity contribution in [3.05, 3.63) is 72.6 Å². The molecular weight excluding hydrogens is 490 g/mol. The monoisotopic (exact) mass is 521 g/mol. The summed E-state index contributed by atoms with van der Waals surface area (Å²) >= 11 is 0. The summed E-state index contributed by atoms with van der Waals surface area (Å²) in [6, 6.07) is 19.2. The molecule has 2 aromatic heterocycles. The van der Waals surface area contributed by atoms with Crippen LogP contribution in [-0.2, 0) is 11.3 Å². The number of fused-ring (bicyclic) bond motifs is 1. The summed E-state index contributed by atoms with van der Waals surface area (Å²) in [7, 11) is 0. The molecule has 3 heterocycles. The molecule has 1 saturated heterocycles. The summed E-state index contributed by atoms with van der Waals surface area (Å²) in [4.78, 5) is 23.8. The fourth-order valence-corrected chi connectivity index (χ4v) is 4.89. The average Bonchev–Trinajstić information content (AvgIpc) is 3.53. The van der Waals surface area contributed by atoms with Gasteiger partial charge in [0.1, 0.15) is 41.0 Å². The Balaban J connectivity index is 1.44. The molecule has 0 radical (unpaired) electrons. The zero-order valence-corrected chi connectivity index (χ0v) is 22.3. The number of carbonyl (C=O) groups excluding carboxylic acids is 1. The number of amides is 1. The third-order valence-electron chi connectivity index (χ3n) is 6.62. The number of ether oxygens (including phenoxy) is 1. The Bertz CT molecular complexity index is 1560. The molecule has 5 rings (SSSR count). The zero-order chi connectivity index (χ0) is 27.6. The Labute approximate surface area is 227 Å². The molecule has 0 aliphatic carbocycles. The van der Waals surface area contributed by atoms with Crippen molar-refractivity contribution in [1.82, 2.24) is 24.6 Å². The lowest BCUT2D eigenvalue weighted by Gasteiger charge is -2.25. The molecule has 198 valence electrons. The van der Waals surface area contributed by atoms with Crippen molar-refractivity contribution in [2.75, 3.05) is 12.3 Å².